The van der Waals surface area contributed by atoms with E-state index in [1.165, 1.54) is 15.6 Å². The molecule has 4 heteroatoms. The van der Waals surface area contributed by atoms with E-state index in [1.54, 1.807) is 11.3 Å². The first-order chi connectivity index (χ1) is 10.3. The summed E-state index contributed by atoms with van der Waals surface area (Å²) in [6, 6.07) is 16.5. The molecule has 3 nitrogen and oxygen atoms in total. The minimum Gasteiger partial charge on any atom is -0.350 e. The smallest absolute Gasteiger partial charge is 0.210 e. The molecule has 4 rings (SSSR count). The number of hydrogen-bond acceptors (Lipinski definition) is 3. The van der Waals surface area contributed by atoms with Gasteiger partial charge in [0.15, 0.2) is 0 Å². The molecule has 4 aromatic rings. The van der Waals surface area contributed by atoms with E-state index in [2.05, 4.69) is 58.1 Å². The molecule has 0 radical (unpaired) electrons. The molecule has 21 heavy (non-hydrogen) atoms. The molecule has 0 fully saturated rings. The minimum absolute atomic E-state index is 0.795. The number of aryl methyl sites for hydroxylation is 1. The van der Waals surface area contributed by atoms with E-state index < -0.39 is 0 Å². The SMILES string of the molecule is Cn1cc(/C=N/c2nc3ccccc3s2)c2ccccc21. The zero-order valence-corrected chi connectivity index (χ0v) is 12.3. The molecule has 0 aliphatic carbocycles. The number of fused-ring (bicyclic) bond motifs is 2. The second kappa shape index (κ2) is 4.82. The molecule has 102 valence electrons. The zero-order valence-electron chi connectivity index (χ0n) is 11.5. The summed E-state index contributed by atoms with van der Waals surface area (Å²) in [7, 11) is 2.05. The Balaban J connectivity index is 1.76. The van der Waals surface area contributed by atoms with Crippen LogP contribution < -0.4 is 0 Å². The molecule has 0 aliphatic rings. The standard InChI is InChI=1S/C17H13N3S/c1-20-11-12(13-6-2-4-8-15(13)20)10-18-17-19-14-7-3-5-9-16(14)21-17/h2-11H,1H3/b18-10+. The van der Waals surface area contributed by atoms with Gasteiger partial charge in [0.2, 0.25) is 5.13 Å². The molecule has 0 unspecified atom stereocenters. The average molecular weight is 291 g/mol. The molecular formula is C17H13N3S. The lowest BCUT2D eigenvalue weighted by molar-refractivity contribution is 0.968. The molecule has 0 saturated carbocycles. The van der Waals surface area contributed by atoms with Crippen molar-refractivity contribution in [3.05, 3.63) is 60.3 Å². The number of rotatable bonds is 2. The van der Waals surface area contributed by atoms with Crippen LogP contribution >= 0.6 is 11.3 Å². The number of hydrogen-bond donors (Lipinski definition) is 0. The minimum atomic E-state index is 0.795. The fourth-order valence-electron chi connectivity index (χ4n) is 2.52. The van der Waals surface area contributed by atoms with E-state index in [-0.39, 0.29) is 0 Å². The highest BCUT2D eigenvalue weighted by atomic mass is 32.1. The van der Waals surface area contributed by atoms with Crippen molar-refractivity contribution in [1.29, 1.82) is 0 Å². The Hall–Kier alpha value is -2.46. The highest BCUT2D eigenvalue weighted by molar-refractivity contribution is 7.22. The van der Waals surface area contributed by atoms with Gasteiger partial charge in [-0.3, -0.25) is 0 Å². The second-order valence-corrected chi connectivity index (χ2v) is 5.94. The lowest BCUT2D eigenvalue weighted by atomic mass is 10.2. The van der Waals surface area contributed by atoms with Crippen LogP contribution in [0.15, 0.2) is 59.7 Å². The molecule has 2 aromatic heterocycles. The summed E-state index contributed by atoms with van der Waals surface area (Å²) >= 11 is 1.61. The summed E-state index contributed by atoms with van der Waals surface area (Å²) < 4.78 is 3.29. The van der Waals surface area contributed by atoms with Crippen molar-refractivity contribution in [2.24, 2.45) is 12.0 Å². The third kappa shape index (κ3) is 2.14. The van der Waals surface area contributed by atoms with Crippen LogP contribution in [-0.2, 0) is 7.05 Å². The molecular weight excluding hydrogens is 278 g/mol. The number of aliphatic imine (C=N–C) groups is 1. The predicted octanol–water partition coefficient (Wildman–Crippen LogP) is 4.54. The first kappa shape index (κ1) is 12.3. The molecule has 2 aromatic carbocycles. The third-order valence-electron chi connectivity index (χ3n) is 3.52. The molecule has 0 atom stereocenters. The van der Waals surface area contributed by atoms with Gasteiger partial charge in [0.1, 0.15) is 0 Å². The Labute approximate surface area is 126 Å². The van der Waals surface area contributed by atoms with E-state index >= 15 is 0 Å². The Bertz CT molecular complexity index is 929. The van der Waals surface area contributed by atoms with Gasteiger partial charge in [-0.1, -0.05) is 41.7 Å². The van der Waals surface area contributed by atoms with Gasteiger partial charge in [-0.05, 0) is 18.2 Å². The summed E-state index contributed by atoms with van der Waals surface area (Å²) in [6.07, 6.45) is 4.00. The number of nitrogens with zero attached hydrogens (tertiary/aromatic N) is 3. The maximum atomic E-state index is 4.55. The molecule has 0 saturated heterocycles. The van der Waals surface area contributed by atoms with E-state index in [1.807, 2.05) is 24.4 Å². The van der Waals surface area contributed by atoms with Crippen LogP contribution in [0.2, 0.25) is 0 Å². The monoisotopic (exact) mass is 291 g/mol. The summed E-state index contributed by atoms with van der Waals surface area (Å²) in [5, 5.41) is 2.01. The van der Waals surface area contributed by atoms with Crippen molar-refractivity contribution in [1.82, 2.24) is 9.55 Å². The van der Waals surface area contributed by atoms with Crippen molar-refractivity contribution >= 4 is 43.8 Å². The molecule has 0 spiro atoms. The summed E-state index contributed by atoms with van der Waals surface area (Å²) in [5.41, 5.74) is 3.34. The van der Waals surface area contributed by atoms with E-state index in [0.29, 0.717) is 0 Å². The van der Waals surface area contributed by atoms with E-state index in [0.717, 1.165) is 16.2 Å². The number of thiazole rings is 1. The summed E-state index contributed by atoms with van der Waals surface area (Å²) in [5.74, 6) is 0. The number of benzene rings is 2. The Morgan fingerprint density at radius 3 is 2.81 bits per heavy atom. The third-order valence-corrected chi connectivity index (χ3v) is 4.47. The van der Waals surface area contributed by atoms with Crippen LogP contribution in [0.4, 0.5) is 5.13 Å². The van der Waals surface area contributed by atoms with Crippen molar-refractivity contribution in [2.75, 3.05) is 0 Å². The van der Waals surface area contributed by atoms with Crippen LogP contribution in [0.5, 0.6) is 0 Å². The van der Waals surface area contributed by atoms with Crippen LogP contribution in [0, 0.1) is 0 Å². The Morgan fingerprint density at radius 1 is 1.10 bits per heavy atom. The first-order valence-electron chi connectivity index (χ1n) is 6.75. The largest absolute Gasteiger partial charge is 0.350 e. The predicted molar refractivity (Wildman–Crippen MR) is 89.8 cm³/mol. The Morgan fingerprint density at radius 2 is 1.90 bits per heavy atom. The van der Waals surface area contributed by atoms with Crippen LogP contribution in [0.3, 0.4) is 0 Å². The van der Waals surface area contributed by atoms with Crippen molar-refractivity contribution in [2.45, 2.75) is 0 Å². The highest BCUT2D eigenvalue weighted by Crippen LogP contribution is 2.28. The van der Waals surface area contributed by atoms with Crippen molar-refractivity contribution in [3.8, 4) is 0 Å². The maximum absolute atomic E-state index is 4.55. The fourth-order valence-corrected chi connectivity index (χ4v) is 3.33. The zero-order chi connectivity index (χ0) is 14.2. The summed E-state index contributed by atoms with van der Waals surface area (Å²) in [4.78, 5) is 9.07. The van der Waals surface area contributed by atoms with E-state index in [4.69, 9.17) is 0 Å². The maximum Gasteiger partial charge on any atom is 0.210 e. The van der Waals surface area contributed by atoms with Crippen molar-refractivity contribution < 1.29 is 0 Å². The van der Waals surface area contributed by atoms with Gasteiger partial charge in [0, 0.05) is 35.9 Å². The number of aromatic nitrogens is 2. The van der Waals surface area contributed by atoms with E-state index in [9.17, 15) is 0 Å². The topological polar surface area (TPSA) is 30.2 Å². The van der Waals surface area contributed by atoms with Crippen LogP contribution in [0.1, 0.15) is 5.56 Å². The lowest BCUT2D eigenvalue weighted by Crippen LogP contribution is -1.82. The van der Waals surface area contributed by atoms with Gasteiger partial charge in [0.25, 0.3) is 0 Å². The van der Waals surface area contributed by atoms with Crippen LogP contribution in [-0.4, -0.2) is 15.8 Å². The fraction of sp³-hybridized carbons (Fsp3) is 0.0588. The van der Waals surface area contributed by atoms with Gasteiger partial charge in [-0.15, -0.1) is 0 Å². The highest BCUT2D eigenvalue weighted by Gasteiger charge is 2.04. The number of para-hydroxylation sites is 2. The second-order valence-electron chi connectivity index (χ2n) is 4.93. The first-order valence-corrected chi connectivity index (χ1v) is 7.56. The van der Waals surface area contributed by atoms with Crippen LogP contribution in [0.25, 0.3) is 21.1 Å². The molecule has 0 bridgehead atoms. The molecule has 0 aliphatic heterocycles. The molecule has 0 N–H and O–H groups in total. The average Bonchev–Trinajstić information content (AvgIpc) is 3.07. The van der Waals surface area contributed by atoms with Crippen molar-refractivity contribution in [3.63, 3.8) is 0 Å². The normalized spacial score (nSPS) is 11.9. The van der Waals surface area contributed by atoms with Gasteiger partial charge >= 0.3 is 0 Å². The summed E-state index contributed by atoms with van der Waals surface area (Å²) in [6.45, 7) is 0. The van der Waals surface area contributed by atoms with Gasteiger partial charge in [-0.2, -0.15) is 0 Å². The quantitative estimate of drug-likeness (QED) is 0.499. The van der Waals surface area contributed by atoms with Gasteiger partial charge in [0.05, 0.1) is 10.2 Å². The Kier molecular flexibility index (Phi) is 2.82. The molecule has 0 amide bonds. The van der Waals surface area contributed by atoms with Gasteiger partial charge < -0.3 is 4.57 Å². The molecule has 2 heterocycles. The van der Waals surface area contributed by atoms with Gasteiger partial charge in [-0.25, -0.2) is 9.98 Å². The lowest BCUT2D eigenvalue weighted by Gasteiger charge is -1.92.